The number of anilines is 1. The van der Waals surface area contributed by atoms with E-state index in [4.69, 9.17) is 10.5 Å². The minimum Gasteiger partial charge on any atom is -0.497 e. The number of nitrogen functional groups attached to an aromatic ring is 1. The number of methoxy groups -OCH3 is 1. The lowest BCUT2D eigenvalue weighted by Crippen LogP contribution is -2.35. The van der Waals surface area contributed by atoms with Crippen LogP contribution >= 0.6 is 0 Å². The maximum Gasteiger partial charge on any atom is 0.256 e. The van der Waals surface area contributed by atoms with Crippen LogP contribution in [0.2, 0.25) is 0 Å². The zero-order chi connectivity index (χ0) is 13.1. The summed E-state index contributed by atoms with van der Waals surface area (Å²) in [6.45, 7) is 3.47. The minimum atomic E-state index is -0.0115. The molecule has 1 amide bonds. The van der Waals surface area contributed by atoms with Gasteiger partial charge in [-0.15, -0.1) is 0 Å². The number of ether oxygens (including phenoxy) is 1. The summed E-state index contributed by atoms with van der Waals surface area (Å²) in [5.41, 5.74) is 8.13. The number of nitrogens with zero attached hydrogens (tertiary/aromatic N) is 1. The van der Waals surface area contributed by atoms with E-state index >= 15 is 0 Å². The second-order valence-corrected chi connectivity index (χ2v) is 4.52. The molecule has 0 spiro atoms. The quantitative estimate of drug-likeness (QED) is 0.642. The van der Waals surface area contributed by atoms with Crippen LogP contribution in [-0.2, 0) is 0 Å². The number of carbonyl (C=O) groups is 1. The molecular formula is C14H18N2O2. The van der Waals surface area contributed by atoms with Gasteiger partial charge in [-0.25, -0.2) is 0 Å². The molecule has 0 bridgehead atoms. The summed E-state index contributed by atoms with van der Waals surface area (Å²) in [5, 5.41) is 0. The average molecular weight is 246 g/mol. The Hall–Kier alpha value is -1.97. The van der Waals surface area contributed by atoms with Crippen LogP contribution in [0.5, 0.6) is 5.75 Å². The fourth-order valence-corrected chi connectivity index (χ4v) is 2.12. The van der Waals surface area contributed by atoms with E-state index in [0.29, 0.717) is 23.5 Å². The zero-order valence-electron chi connectivity index (χ0n) is 10.8. The number of amides is 1. The van der Waals surface area contributed by atoms with E-state index in [0.717, 1.165) is 13.0 Å². The van der Waals surface area contributed by atoms with Crippen LogP contribution in [0.15, 0.2) is 29.8 Å². The van der Waals surface area contributed by atoms with Crippen molar-refractivity contribution >= 4 is 11.6 Å². The highest BCUT2D eigenvalue weighted by Crippen LogP contribution is 2.22. The second-order valence-electron chi connectivity index (χ2n) is 4.52. The Morgan fingerprint density at radius 2 is 2.22 bits per heavy atom. The van der Waals surface area contributed by atoms with Gasteiger partial charge in [-0.1, -0.05) is 11.6 Å². The molecule has 0 atom stereocenters. The number of carbonyl (C=O) groups excluding carboxylic acids is 1. The Bertz CT molecular complexity index is 495. The summed E-state index contributed by atoms with van der Waals surface area (Å²) in [6, 6.07) is 5.17. The highest BCUT2D eigenvalue weighted by atomic mass is 16.5. The molecule has 0 unspecified atom stereocenters. The number of nitrogens with two attached hydrogens (primary N) is 1. The molecule has 1 aliphatic heterocycles. The van der Waals surface area contributed by atoms with E-state index in [-0.39, 0.29) is 5.91 Å². The largest absolute Gasteiger partial charge is 0.497 e. The maximum absolute atomic E-state index is 12.3. The molecule has 0 saturated carbocycles. The molecule has 0 radical (unpaired) electrons. The molecule has 0 aromatic heterocycles. The van der Waals surface area contributed by atoms with Crippen molar-refractivity contribution in [1.82, 2.24) is 4.90 Å². The van der Waals surface area contributed by atoms with Gasteiger partial charge < -0.3 is 15.4 Å². The molecule has 1 heterocycles. The number of rotatable bonds is 2. The van der Waals surface area contributed by atoms with Gasteiger partial charge in [0.25, 0.3) is 5.91 Å². The van der Waals surface area contributed by atoms with Gasteiger partial charge in [-0.3, -0.25) is 4.79 Å². The van der Waals surface area contributed by atoms with Gasteiger partial charge in [0, 0.05) is 24.8 Å². The maximum atomic E-state index is 12.3. The molecule has 4 heteroatoms. The van der Waals surface area contributed by atoms with Crippen LogP contribution in [-0.4, -0.2) is 31.0 Å². The van der Waals surface area contributed by atoms with Crippen LogP contribution in [0, 0.1) is 0 Å². The van der Waals surface area contributed by atoms with Crippen molar-refractivity contribution < 1.29 is 9.53 Å². The molecule has 2 N–H and O–H groups in total. The van der Waals surface area contributed by atoms with Gasteiger partial charge in [-0.2, -0.15) is 0 Å². The van der Waals surface area contributed by atoms with Crippen LogP contribution < -0.4 is 10.5 Å². The molecule has 0 saturated heterocycles. The molecule has 2 rings (SSSR count). The first kappa shape index (κ1) is 12.5. The first-order valence-electron chi connectivity index (χ1n) is 6.00. The molecule has 96 valence electrons. The topological polar surface area (TPSA) is 55.6 Å². The molecule has 18 heavy (non-hydrogen) atoms. The van der Waals surface area contributed by atoms with E-state index in [1.807, 2.05) is 11.8 Å². The lowest BCUT2D eigenvalue weighted by Gasteiger charge is -2.26. The van der Waals surface area contributed by atoms with Gasteiger partial charge >= 0.3 is 0 Å². The van der Waals surface area contributed by atoms with Crippen LogP contribution in [0.1, 0.15) is 23.7 Å². The minimum absolute atomic E-state index is 0.0115. The van der Waals surface area contributed by atoms with E-state index < -0.39 is 0 Å². The summed E-state index contributed by atoms with van der Waals surface area (Å²) >= 11 is 0. The molecule has 1 aromatic rings. The smallest absolute Gasteiger partial charge is 0.256 e. The summed E-state index contributed by atoms with van der Waals surface area (Å²) in [7, 11) is 1.58. The van der Waals surface area contributed by atoms with Crippen molar-refractivity contribution in [2.24, 2.45) is 0 Å². The van der Waals surface area contributed by atoms with Crippen LogP contribution in [0.4, 0.5) is 5.69 Å². The van der Waals surface area contributed by atoms with Crippen molar-refractivity contribution in [2.75, 3.05) is 25.9 Å². The van der Waals surface area contributed by atoms with Crippen molar-refractivity contribution in [3.8, 4) is 5.75 Å². The van der Waals surface area contributed by atoms with Crippen molar-refractivity contribution in [3.63, 3.8) is 0 Å². The number of hydrogen-bond donors (Lipinski definition) is 1. The Kier molecular flexibility index (Phi) is 3.55. The normalized spacial score (nSPS) is 15.2. The van der Waals surface area contributed by atoms with E-state index in [1.54, 1.807) is 25.3 Å². The second kappa shape index (κ2) is 5.12. The fourth-order valence-electron chi connectivity index (χ4n) is 2.12. The molecular weight excluding hydrogens is 228 g/mol. The highest BCUT2D eigenvalue weighted by molar-refractivity contribution is 5.99. The third-order valence-electron chi connectivity index (χ3n) is 3.11. The third kappa shape index (κ3) is 2.47. The van der Waals surface area contributed by atoms with Crippen molar-refractivity contribution in [3.05, 3.63) is 35.4 Å². The Morgan fingerprint density at radius 1 is 1.44 bits per heavy atom. The Balaban J connectivity index is 2.21. The summed E-state index contributed by atoms with van der Waals surface area (Å²) in [5.74, 6) is 0.654. The first-order chi connectivity index (χ1) is 8.61. The van der Waals surface area contributed by atoms with Crippen LogP contribution in [0.3, 0.4) is 0 Å². The SMILES string of the molecule is COc1ccc(C(=O)N2CCC=C(C)C2)c(N)c1. The monoisotopic (exact) mass is 246 g/mol. The van der Waals surface area contributed by atoms with Crippen molar-refractivity contribution in [1.29, 1.82) is 0 Å². The van der Waals surface area contributed by atoms with Gasteiger partial charge in [-0.05, 0) is 25.5 Å². The van der Waals surface area contributed by atoms with Gasteiger partial charge in [0.2, 0.25) is 0 Å². The Labute approximate surface area is 107 Å². The summed E-state index contributed by atoms with van der Waals surface area (Å²) < 4.78 is 5.08. The molecule has 1 aromatic carbocycles. The van der Waals surface area contributed by atoms with Gasteiger partial charge in [0.15, 0.2) is 0 Å². The van der Waals surface area contributed by atoms with E-state index in [2.05, 4.69) is 6.08 Å². The first-order valence-corrected chi connectivity index (χ1v) is 6.00. The third-order valence-corrected chi connectivity index (χ3v) is 3.11. The van der Waals surface area contributed by atoms with Crippen LogP contribution in [0.25, 0.3) is 0 Å². The zero-order valence-corrected chi connectivity index (χ0v) is 10.8. The van der Waals surface area contributed by atoms with E-state index in [9.17, 15) is 4.79 Å². The highest BCUT2D eigenvalue weighted by Gasteiger charge is 2.20. The summed E-state index contributed by atoms with van der Waals surface area (Å²) in [6.07, 6.45) is 3.08. The summed E-state index contributed by atoms with van der Waals surface area (Å²) in [4.78, 5) is 14.2. The number of benzene rings is 1. The molecule has 1 aliphatic rings. The predicted octanol–water partition coefficient (Wildman–Crippen LogP) is 2.07. The number of hydrogen-bond acceptors (Lipinski definition) is 3. The predicted molar refractivity (Wildman–Crippen MR) is 71.7 cm³/mol. The standard InChI is InChI=1S/C14H18N2O2/c1-10-4-3-7-16(9-10)14(17)12-6-5-11(18-2)8-13(12)15/h4-6,8H,3,7,9,15H2,1-2H3. The van der Waals surface area contributed by atoms with Gasteiger partial charge in [0.05, 0.1) is 12.7 Å². The molecule has 0 aliphatic carbocycles. The van der Waals surface area contributed by atoms with Gasteiger partial charge in [0.1, 0.15) is 5.75 Å². The Morgan fingerprint density at radius 3 is 2.83 bits per heavy atom. The van der Waals surface area contributed by atoms with E-state index in [1.165, 1.54) is 5.57 Å². The molecule has 4 nitrogen and oxygen atoms in total. The molecule has 0 fully saturated rings. The lowest BCUT2D eigenvalue weighted by molar-refractivity contribution is 0.0767. The van der Waals surface area contributed by atoms with Crippen molar-refractivity contribution in [2.45, 2.75) is 13.3 Å². The average Bonchev–Trinajstić information content (AvgIpc) is 2.37. The lowest BCUT2D eigenvalue weighted by atomic mass is 10.1. The fraction of sp³-hybridized carbons (Fsp3) is 0.357.